The second-order valence-corrected chi connectivity index (χ2v) is 7.01. The van der Waals surface area contributed by atoms with Crippen LogP contribution in [-0.4, -0.2) is 62.6 Å². The number of hydrogen-bond acceptors (Lipinski definition) is 4. The summed E-state index contributed by atoms with van der Waals surface area (Å²) in [6.45, 7) is 6.09. The predicted octanol–water partition coefficient (Wildman–Crippen LogP) is 2.06. The first kappa shape index (κ1) is 24.2. The molecule has 1 aliphatic rings. The fourth-order valence-electron chi connectivity index (χ4n) is 3.08. The minimum absolute atomic E-state index is 0. The van der Waals surface area contributed by atoms with E-state index in [0.29, 0.717) is 12.1 Å². The summed E-state index contributed by atoms with van der Waals surface area (Å²) in [5.74, 6) is 0.653. The van der Waals surface area contributed by atoms with Crippen LogP contribution in [0.15, 0.2) is 29.3 Å². The highest BCUT2D eigenvalue weighted by atomic mass is 127. The van der Waals surface area contributed by atoms with E-state index in [2.05, 4.69) is 15.6 Å². The smallest absolute Gasteiger partial charge is 0.337 e. The van der Waals surface area contributed by atoms with Crippen LogP contribution in [-0.2, 0) is 16.0 Å². The molecular formula is C20H31IN4O3. The Balaban J connectivity index is 0.00000392. The van der Waals surface area contributed by atoms with Gasteiger partial charge in [-0.3, -0.25) is 9.79 Å². The molecule has 0 aromatic heterocycles. The molecule has 0 saturated carbocycles. The fourth-order valence-corrected chi connectivity index (χ4v) is 3.08. The average Bonchev–Trinajstić information content (AvgIpc) is 3.14. The minimum atomic E-state index is -0.328. The molecule has 28 heavy (non-hydrogen) atoms. The topological polar surface area (TPSA) is 83.0 Å². The van der Waals surface area contributed by atoms with Gasteiger partial charge >= 0.3 is 5.97 Å². The summed E-state index contributed by atoms with van der Waals surface area (Å²) in [7, 11) is 3.12. The lowest BCUT2D eigenvalue weighted by molar-refractivity contribution is -0.133. The molecule has 0 radical (unpaired) electrons. The van der Waals surface area contributed by atoms with Crippen LogP contribution in [0.3, 0.4) is 0 Å². The maximum atomic E-state index is 12.1. The summed E-state index contributed by atoms with van der Waals surface area (Å²) < 4.78 is 4.70. The van der Waals surface area contributed by atoms with Gasteiger partial charge in [0.05, 0.1) is 12.7 Å². The van der Waals surface area contributed by atoms with Crippen LogP contribution in [0.25, 0.3) is 0 Å². The van der Waals surface area contributed by atoms with Crippen molar-refractivity contribution in [1.82, 2.24) is 15.5 Å². The Kier molecular flexibility index (Phi) is 10.3. The molecule has 2 rings (SSSR count). The van der Waals surface area contributed by atoms with Gasteiger partial charge < -0.3 is 20.3 Å². The zero-order chi connectivity index (χ0) is 19.8. The van der Waals surface area contributed by atoms with E-state index in [1.165, 1.54) is 7.11 Å². The third-order valence-corrected chi connectivity index (χ3v) is 4.64. The van der Waals surface area contributed by atoms with Crippen molar-refractivity contribution in [2.24, 2.45) is 10.9 Å². The predicted molar refractivity (Wildman–Crippen MR) is 121 cm³/mol. The molecule has 1 fully saturated rings. The molecule has 1 saturated heterocycles. The van der Waals surface area contributed by atoms with E-state index in [9.17, 15) is 9.59 Å². The zero-order valence-electron chi connectivity index (χ0n) is 17.0. The van der Waals surface area contributed by atoms with Crippen LogP contribution < -0.4 is 10.6 Å². The largest absolute Gasteiger partial charge is 0.465 e. The maximum absolute atomic E-state index is 12.1. The van der Waals surface area contributed by atoms with E-state index < -0.39 is 0 Å². The molecule has 1 aromatic carbocycles. The van der Waals surface area contributed by atoms with Crippen LogP contribution in [0.5, 0.6) is 0 Å². The number of nitrogens with one attached hydrogen (secondary N) is 2. The van der Waals surface area contributed by atoms with Gasteiger partial charge in [-0.1, -0.05) is 26.0 Å². The summed E-state index contributed by atoms with van der Waals surface area (Å²) >= 11 is 0. The standard InChI is InChI=1S/C20H30N4O3.HI/c1-14(2)18(25)24-12-10-17(13-24)23-20(21-3)22-11-9-15-5-7-16(8-6-15)19(26)27-4;/h5-8,14,17H,9-13H2,1-4H3,(H2,21,22,23);1H. The lowest BCUT2D eigenvalue weighted by atomic mass is 10.1. The Bertz CT molecular complexity index is 677. The highest BCUT2D eigenvalue weighted by molar-refractivity contribution is 14.0. The Morgan fingerprint density at radius 1 is 1.29 bits per heavy atom. The number of carbonyl (C=O) groups excluding carboxylic acids is 2. The van der Waals surface area contributed by atoms with Gasteiger partial charge in [-0.2, -0.15) is 0 Å². The van der Waals surface area contributed by atoms with Crippen molar-refractivity contribution in [1.29, 1.82) is 0 Å². The van der Waals surface area contributed by atoms with E-state index in [1.54, 1.807) is 19.2 Å². The number of carbonyl (C=O) groups is 2. The number of esters is 1. The SMILES string of the molecule is CN=C(NCCc1ccc(C(=O)OC)cc1)NC1CCN(C(=O)C(C)C)C1.I. The zero-order valence-corrected chi connectivity index (χ0v) is 19.4. The number of likely N-dealkylation sites (tertiary alicyclic amines) is 1. The first-order valence-electron chi connectivity index (χ1n) is 9.37. The second kappa shape index (κ2) is 11.9. The Labute approximate surface area is 184 Å². The van der Waals surface area contributed by atoms with E-state index >= 15 is 0 Å². The van der Waals surface area contributed by atoms with Crippen molar-refractivity contribution in [3.05, 3.63) is 35.4 Å². The second-order valence-electron chi connectivity index (χ2n) is 7.01. The first-order valence-corrected chi connectivity index (χ1v) is 9.37. The van der Waals surface area contributed by atoms with Gasteiger partial charge in [0, 0.05) is 38.6 Å². The van der Waals surface area contributed by atoms with E-state index in [-0.39, 0.29) is 47.8 Å². The van der Waals surface area contributed by atoms with Crippen molar-refractivity contribution in [3.63, 3.8) is 0 Å². The van der Waals surface area contributed by atoms with Crippen molar-refractivity contribution >= 4 is 41.8 Å². The number of amides is 1. The molecule has 1 aromatic rings. The number of methoxy groups -OCH3 is 1. The Morgan fingerprint density at radius 3 is 2.54 bits per heavy atom. The van der Waals surface area contributed by atoms with Gasteiger partial charge in [0.15, 0.2) is 5.96 Å². The van der Waals surface area contributed by atoms with E-state index in [4.69, 9.17) is 4.74 Å². The van der Waals surface area contributed by atoms with Gasteiger partial charge in [-0.05, 0) is 30.5 Å². The van der Waals surface area contributed by atoms with Gasteiger partial charge in [0.1, 0.15) is 0 Å². The molecule has 0 spiro atoms. The third kappa shape index (κ3) is 6.96. The normalized spacial score (nSPS) is 16.5. The molecule has 1 heterocycles. The Morgan fingerprint density at radius 2 is 1.96 bits per heavy atom. The number of halogens is 1. The molecule has 1 aliphatic heterocycles. The average molecular weight is 502 g/mol. The highest BCUT2D eigenvalue weighted by Crippen LogP contribution is 2.12. The molecule has 7 nitrogen and oxygen atoms in total. The summed E-state index contributed by atoms with van der Waals surface area (Å²) in [5, 5.41) is 6.70. The van der Waals surface area contributed by atoms with Gasteiger partial charge in [0.2, 0.25) is 5.91 Å². The number of nitrogens with zero attached hydrogens (tertiary/aromatic N) is 2. The summed E-state index contributed by atoms with van der Waals surface area (Å²) in [6.07, 6.45) is 1.74. The summed E-state index contributed by atoms with van der Waals surface area (Å²) in [6, 6.07) is 7.62. The van der Waals surface area contributed by atoms with Crippen LogP contribution in [0.1, 0.15) is 36.2 Å². The molecule has 156 valence electrons. The molecule has 0 bridgehead atoms. The number of guanidine groups is 1. The number of aliphatic imine (C=N–C) groups is 1. The lowest BCUT2D eigenvalue weighted by Gasteiger charge is -2.20. The van der Waals surface area contributed by atoms with Gasteiger partial charge in [-0.25, -0.2) is 4.79 Å². The summed E-state index contributed by atoms with van der Waals surface area (Å²) in [4.78, 5) is 29.7. The third-order valence-electron chi connectivity index (χ3n) is 4.64. The van der Waals surface area contributed by atoms with Crippen molar-refractivity contribution in [2.75, 3.05) is 33.8 Å². The molecular weight excluding hydrogens is 471 g/mol. The number of rotatable bonds is 6. The monoisotopic (exact) mass is 502 g/mol. The van der Waals surface area contributed by atoms with E-state index in [1.807, 2.05) is 30.9 Å². The molecule has 8 heteroatoms. The van der Waals surface area contributed by atoms with E-state index in [0.717, 1.165) is 37.5 Å². The van der Waals surface area contributed by atoms with Crippen LogP contribution in [0, 0.1) is 5.92 Å². The first-order chi connectivity index (χ1) is 12.9. The van der Waals surface area contributed by atoms with Gasteiger partial charge in [0.25, 0.3) is 0 Å². The van der Waals surface area contributed by atoms with Crippen LogP contribution in [0.2, 0.25) is 0 Å². The van der Waals surface area contributed by atoms with Crippen molar-refractivity contribution < 1.29 is 14.3 Å². The highest BCUT2D eigenvalue weighted by Gasteiger charge is 2.27. The molecule has 1 atom stereocenters. The van der Waals surface area contributed by atoms with Crippen molar-refractivity contribution in [2.45, 2.75) is 32.7 Å². The molecule has 1 amide bonds. The Hall–Kier alpha value is -1.84. The quantitative estimate of drug-likeness (QED) is 0.270. The van der Waals surface area contributed by atoms with Crippen LogP contribution in [0.4, 0.5) is 0 Å². The molecule has 2 N–H and O–H groups in total. The van der Waals surface area contributed by atoms with Crippen molar-refractivity contribution in [3.8, 4) is 0 Å². The maximum Gasteiger partial charge on any atom is 0.337 e. The molecule has 1 unspecified atom stereocenters. The number of benzene rings is 1. The van der Waals surface area contributed by atoms with Crippen LogP contribution >= 0.6 is 24.0 Å². The number of ether oxygens (including phenoxy) is 1. The summed E-state index contributed by atoms with van der Waals surface area (Å²) in [5.41, 5.74) is 1.67. The molecule has 0 aliphatic carbocycles. The minimum Gasteiger partial charge on any atom is -0.465 e. The fraction of sp³-hybridized carbons (Fsp3) is 0.550. The van der Waals surface area contributed by atoms with Gasteiger partial charge in [-0.15, -0.1) is 24.0 Å². The number of hydrogen-bond donors (Lipinski definition) is 2. The lowest BCUT2D eigenvalue weighted by Crippen LogP contribution is -2.45.